The van der Waals surface area contributed by atoms with Gasteiger partial charge >= 0.3 is 0 Å². The highest BCUT2D eigenvalue weighted by Crippen LogP contribution is 2.22. The molecule has 2 heterocycles. The lowest BCUT2D eigenvalue weighted by atomic mass is 10.2. The molecule has 4 N–H and O–H groups in total. The second kappa shape index (κ2) is 4.10. The Balaban J connectivity index is 1.78. The van der Waals surface area contributed by atoms with Crippen LogP contribution in [0.1, 0.15) is 4.88 Å². The van der Waals surface area contributed by atoms with Crippen LogP contribution in [0.3, 0.4) is 0 Å². The Bertz CT molecular complexity index is 641. The van der Waals surface area contributed by atoms with Crippen LogP contribution in [0.25, 0.3) is 10.9 Å². The summed E-state index contributed by atoms with van der Waals surface area (Å²) in [6.07, 6.45) is 1.82. The number of nitrogen functional groups attached to an aromatic ring is 1. The largest absolute Gasteiger partial charge is 0.398 e. The van der Waals surface area contributed by atoms with E-state index in [-0.39, 0.29) is 0 Å². The van der Waals surface area contributed by atoms with Crippen molar-refractivity contribution in [1.29, 1.82) is 0 Å². The quantitative estimate of drug-likeness (QED) is 0.663. The van der Waals surface area contributed by atoms with Crippen molar-refractivity contribution < 1.29 is 0 Å². The Hall–Kier alpha value is -2.01. The number of rotatable bonds is 3. The van der Waals surface area contributed by atoms with E-state index >= 15 is 0 Å². The van der Waals surface area contributed by atoms with Gasteiger partial charge in [-0.1, -0.05) is 0 Å². The second-order valence-corrected chi connectivity index (χ2v) is 4.83. The molecule has 0 amide bonds. The highest BCUT2D eigenvalue weighted by atomic mass is 32.1. The maximum absolute atomic E-state index is 5.83. The minimum absolute atomic E-state index is 0.757. The minimum atomic E-state index is 0.757. The zero-order chi connectivity index (χ0) is 11.7. The molecule has 0 atom stereocenters. The zero-order valence-electron chi connectivity index (χ0n) is 9.10. The van der Waals surface area contributed by atoms with Gasteiger partial charge in [0.15, 0.2) is 0 Å². The molecule has 0 saturated heterocycles. The summed E-state index contributed by atoms with van der Waals surface area (Å²) in [5.74, 6) is 0. The van der Waals surface area contributed by atoms with Crippen LogP contribution < -0.4 is 11.1 Å². The number of hydrogen-bond donors (Lipinski definition) is 3. The summed E-state index contributed by atoms with van der Waals surface area (Å²) in [6, 6.07) is 8.05. The molecule has 0 aliphatic rings. The third kappa shape index (κ3) is 1.97. The molecule has 0 unspecified atom stereocenters. The summed E-state index contributed by atoms with van der Waals surface area (Å²) in [4.78, 5) is 1.16. The van der Waals surface area contributed by atoms with Crippen molar-refractivity contribution in [3.63, 3.8) is 0 Å². The summed E-state index contributed by atoms with van der Waals surface area (Å²) in [5, 5.41) is 13.4. The van der Waals surface area contributed by atoms with Crippen molar-refractivity contribution in [1.82, 2.24) is 10.2 Å². The Morgan fingerprint density at radius 3 is 3.12 bits per heavy atom. The summed E-state index contributed by atoms with van der Waals surface area (Å²) < 4.78 is 0. The smallest absolute Gasteiger partial charge is 0.0651 e. The third-order valence-corrected chi connectivity index (χ3v) is 3.61. The van der Waals surface area contributed by atoms with Gasteiger partial charge in [0.1, 0.15) is 0 Å². The van der Waals surface area contributed by atoms with Gasteiger partial charge in [-0.05, 0) is 29.6 Å². The molecule has 86 valence electrons. The van der Waals surface area contributed by atoms with Crippen molar-refractivity contribution in [2.75, 3.05) is 11.1 Å². The number of anilines is 2. The number of nitrogens with zero attached hydrogens (tertiary/aromatic N) is 1. The normalized spacial score (nSPS) is 10.8. The Kier molecular flexibility index (Phi) is 2.45. The lowest BCUT2D eigenvalue weighted by molar-refractivity contribution is 1.12. The van der Waals surface area contributed by atoms with E-state index in [2.05, 4.69) is 21.6 Å². The number of hydrogen-bond acceptors (Lipinski definition) is 4. The number of nitrogens with two attached hydrogens (primary N) is 1. The van der Waals surface area contributed by atoms with E-state index in [0.717, 1.165) is 33.7 Å². The van der Waals surface area contributed by atoms with Crippen molar-refractivity contribution in [2.45, 2.75) is 6.54 Å². The van der Waals surface area contributed by atoms with Gasteiger partial charge in [0, 0.05) is 21.6 Å². The molecule has 0 radical (unpaired) electrons. The number of fused-ring (bicyclic) bond motifs is 1. The zero-order valence-corrected chi connectivity index (χ0v) is 9.92. The minimum Gasteiger partial charge on any atom is -0.398 e. The Morgan fingerprint density at radius 1 is 1.35 bits per heavy atom. The number of H-pyrrole nitrogens is 1. The van der Waals surface area contributed by atoms with Gasteiger partial charge in [0.25, 0.3) is 0 Å². The highest BCUT2D eigenvalue weighted by molar-refractivity contribution is 7.10. The fraction of sp³-hybridized carbons (Fsp3) is 0.0833. The number of aromatic nitrogens is 2. The van der Waals surface area contributed by atoms with Crippen LogP contribution in [0, 0.1) is 0 Å². The fourth-order valence-electron chi connectivity index (χ4n) is 1.73. The molecule has 4 nitrogen and oxygen atoms in total. The van der Waals surface area contributed by atoms with Crippen molar-refractivity contribution >= 4 is 33.6 Å². The summed E-state index contributed by atoms with van der Waals surface area (Å²) in [7, 11) is 0. The first-order valence-corrected chi connectivity index (χ1v) is 6.20. The first kappa shape index (κ1) is 10.2. The molecule has 2 aromatic heterocycles. The lowest BCUT2D eigenvalue weighted by Gasteiger charge is -2.05. The van der Waals surface area contributed by atoms with Gasteiger partial charge in [-0.2, -0.15) is 5.10 Å². The van der Waals surface area contributed by atoms with Gasteiger partial charge in [-0.15, -0.1) is 11.3 Å². The highest BCUT2D eigenvalue weighted by Gasteiger charge is 2.01. The van der Waals surface area contributed by atoms with E-state index in [9.17, 15) is 0 Å². The molecule has 1 aromatic carbocycles. The van der Waals surface area contributed by atoms with E-state index in [1.807, 2.05) is 29.8 Å². The maximum Gasteiger partial charge on any atom is 0.0651 e. The molecule has 3 aromatic rings. The molecule has 5 heteroatoms. The van der Waals surface area contributed by atoms with Crippen LogP contribution in [0.2, 0.25) is 0 Å². The van der Waals surface area contributed by atoms with E-state index in [0.29, 0.717) is 0 Å². The fourth-order valence-corrected chi connectivity index (χ4v) is 2.47. The van der Waals surface area contributed by atoms with E-state index in [1.165, 1.54) is 0 Å². The maximum atomic E-state index is 5.83. The number of aromatic amines is 1. The Labute approximate surface area is 102 Å². The molecule has 3 rings (SSSR count). The molecule has 17 heavy (non-hydrogen) atoms. The SMILES string of the molecule is Nc1ccsc1CNc1ccc2[nH]ncc2c1. The number of benzene rings is 1. The van der Waals surface area contributed by atoms with Gasteiger partial charge in [0.05, 0.1) is 18.3 Å². The van der Waals surface area contributed by atoms with Crippen LogP contribution in [-0.2, 0) is 6.54 Å². The average molecular weight is 244 g/mol. The van der Waals surface area contributed by atoms with Gasteiger partial charge < -0.3 is 11.1 Å². The molecular weight excluding hydrogens is 232 g/mol. The standard InChI is InChI=1S/C12H12N4S/c13-10-3-4-17-12(10)7-14-9-1-2-11-8(5-9)6-15-16-11/h1-6,14H,7,13H2,(H,15,16). The molecule has 0 aliphatic heterocycles. The van der Waals surface area contributed by atoms with Crippen molar-refractivity contribution in [3.05, 3.63) is 40.7 Å². The Morgan fingerprint density at radius 2 is 2.29 bits per heavy atom. The monoisotopic (exact) mass is 244 g/mol. The average Bonchev–Trinajstić information content (AvgIpc) is 2.94. The predicted molar refractivity (Wildman–Crippen MR) is 72.2 cm³/mol. The summed E-state index contributed by atoms with van der Waals surface area (Å²) >= 11 is 1.67. The van der Waals surface area contributed by atoms with Gasteiger partial charge in [0.2, 0.25) is 0 Å². The van der Waals surface area contributed by atoms with Crippen LogP contribution in [0.5, 0.6) is 0 Å². The second-order valence-electron chi connectivity index (χ2n) is 3.82. The number of nitrogens with one attached hydrogen (secondary N) is 2. The van der Waals surface area contributed by atoms with Crippen LogP contribution in [0.4, 0.5) is 11.4 Å². The topological polar surface area (TPSA) is 66.7 Å². The summed E-state index contributed by atoms with van der Waals surface area (Å²) in [6.45, 7) is 0.757. The third-order valence-electron chi connectivity index (χ3n) is 2.67. The van der Waals surface area contributed by atoms with Crippen molar-refractivity contribution in [3.8, 4) is 0 Å². The summed E-state index contributed by atoms with van der Waals surface area (Å²) in [5.41, 5.74) is 8.81. The van der Waals surface area contributed by atoms with Gasteiger partial charge in [-0.25, -0.2) is 0 Å². The van der Waals surface area contributed by atoms with E-state index in [4.69, 9.17) is 5.73 Å². The predicted octanol–water partition coefficient (Wildman–Crippen LogP) is 2.82. The molecule has 0 aliphatic carbocycles. The molecule has 0 bridgehead atoms. The van der Waals surface area contributed by atoms with Crippen LogP contribution >= 0.6 is 11.3 Å². The molecule has 0 fully saturated rings. The first-order valence-electron chi connectivity index (χ1n) is 5.32. The first-order chi connectivity index (χ1) is 8.33. The lowest BCUT2D eigenvalue weighted by Crippen LogP contribution is -1.99. The van der Waals surface area contributed by atoms with Crippen LogP contribution in [-0.4, -0.2) is 10.2 Å². The molecule has 0 saturated carbocycles. The van der Waals surface area contributed by atoms with Crippen LogP contribution in [0.15, 0.2) is 35.8 Å². The number of thiophene rings is 1. The van der Waals surface area contributed by atoms with E-state index < -0.39 is 0 Å². The van der Waals surface area contributed by atoms with E-state index in [1.54, 1.807) is 11.3 Å². The van der Waals surface area contributed by atoms with Crippen molar-refractivity contribution in [2.24, 2.45) is 0 Å². The van der Waals surface area contributed by atoms with Gasteiger partial charge in [-0.3, -0.25) is 5.10 Å². The molecule has 0 spiro atoms. The molecular formula is C12H12N4S.